The number of thioether (sulfide) groups is 1. The van der Waals surface area contributed by atoms with Crippen LogP contribution < -0.4 is 5.32 Å². The lowest BCUT2D eigenvalue weighted by Crippen LogP contribution is -2.06. The molecule has 110 valence electrons. The normalized spacial score (nSPS) is 10.6. The highest BCUT2D eigenvalue weighted by Gasteiger charge is 2.10. The summed E-state index contributed by atoms with van der Waals surface area (Å²) in [5.41, 5.74) is 2.32. The van der Waals surface area contributed by atoms with Crippen LogP contribution in [-0.2, 0) is 0 Å². The Morgan fingerprint density at radius 1 is 1.14 bits per heavy atom. The molecule has 0 radical (unpaired) electrons. The van der Waals surface area contributed by atoms with Crippen LogP contribution in [0.4, 0.5) is 10.5 Å². The number of para-hydroxylation sites is 1. The topological polar surface area (TPSA) is 54.9 Å². The number of carbonyl (C=O) groups is 1. The van der Waals surface area contributed by atoms with Gasteiger partial charge in [-0.25, -0.2) is 9.97 Å². The van der Waals surface area contributed by atoms with Crippen LogP contribution in [0.5, 0.6) is 0 Å². The van der Waals surface area contributed by atoms with E-state index in [2.05, 4.69) is 15.3 Å². The zero-order valence-electron chi connectivity index (χ0n) is 11.7. The number of halogens is 1. The zero-order chi connectivity index (χ0) is 15.5. The van der Waals surface area contributed by atoms with E-state index >= 15 is 0 Å². The third-order valence-electron chi connectivity index (χ3n) is 3.03. The minimum absolute atomic E-state index is 0.253. The number of carbonyl (C=O) groups excluding carboxylic acids is 1. The van der Waals surface area contributed by atoms with E-state index in [1.165, 1.54) is 0 Å². The molecule has 0 aliphatic heterocycles. The van der Waals surface area contributed by atoms with Gasteiger partial charge in [-0.05, 0) is 31.2 Å². The Kier molecular flexibility index (Phi) is 4.27. The van der Waals surface area contributed by atoms with E-state index in [9.17, 15) is 4.79 Å². The molecule has 3 aromatic rings. The summed E-state index contributed by atoms with van der Waals surface area (Å²) in [5.74, 6) is 0. The molecule has 0 saturated carbocycles. The van der Waals surface area contributed by atoms with Gasteiger partial charge in [0.15, 0.2) is 5.16 Å². The van der Waals surface area contributed by atoms with E-state index in [4.69, 9.17) is 11.6 Å². The maximum absolute atomic E-state index is 12.1. The molecule has 0 unspecified atom stereocenters. The molecule has 0 aliphatic rings. The van der Waals surface area contributed by atoms with Crippen molar-refractivity contribution in [2.45, 2.75) is 12.1 Å². The standard InChI is InChI=1S/C16H12ClN3OS/c1-10-13-7-2-3-8-14(13)20-15(18-10)22-16(21)19-12-6-4-5-11(17)9-12/h2-9H,1H3,(H,19,21). The summed E-state index contributed by atoms with van der Waals surface area (Å²) in [7, 11) is 0. The van der Waals surface area contributed by atoms with Gasteiger partial charge in [-0.1, -0.05) is 35.9 Å². The Bertz CT molecular complexity index is 854. The SMILES string of the molecule is Cc1nc(SC(=O)Nc2cccc(Cl)c2)nc2ccccc12. The first-order valence-electron chi connectivity index (χ1n) is 6.59. The predicted octanol–water partition coefficient (Wildman–Crippen LogP) is 4.92. The number of aryl methyl sites for hydroxylation is 1. The molecule has 2 aromatic carbocycles. The smallest absolute Gasteiger partial charge is 0.291 e. The molecule has 1 amide bonds. The number of aromatic nitrogens is 2. The molecular formula is C16H12ClN3OS. The third-order valence-corrected chi connectivity index (χ3v) is 3.92. The first-order chi connectivity index (χ1) is 10.6. The first kappa shape index (κ1) is 14.8. The van der Waals surface area contributed by atoms with Gasteiger partial charge in [0.2, 0.25) is 0 Å². The van der Waals surface area contributed by atoms with Crippen LogP contribution in [0, 0.1) is 6.92 Å². The van der Waals surface area contributed by atoms with Crippen LogP contribution in [-0.4, -0.2) is 15.2 Å². The number of anilines is 1. The largest absolute Gasteiger partial charge is 0.316 e. The van der Waals surface area contributed by atoms with Crippen molar-refractivity contribution in [2.24, 2.45) is 0 Å². The van der Waals surface area contributed by atoms with Crippen LogP contribution in [0.15, 0.2) is 53.7 Å². The molecule has 4 nitrogen and oxygen atoms in total. The lowest BCUT2D eigenvalue weighted by molar-refractivity contribution is 0.269. The van der Waals surface area contributed by atoms with Gasteiger partial charge >= 0.3 is 0 Å². The molecule has 0 spiro atoms. The molecule has 1 aromatic heterocycles. The van der Waals surface area contributed by atoms with Crippen LogP contribution in [0.2, 0.25) is 5.02 Å². The Labute approximate surface area is 136 Å². The highest BCUT2D eigenvalue weighted by Crippen LogP contribution is 2.23. The zero-order valence-corrected chi connectivity index (χ0v) is 13.3. The molecule has 1 N–H and O–H groups in total. The van der Waals surface area contributed by atoms with Gasteiger partial charge in [-0.2, -0.15) is 0 Å². The van der Waals surface area contributed by atoms with E-state index in [1.54, 1.807) is 24.3 Å². The first-order valence-corrected chi connectivity index (χ1v) is 7.79. The fraction of sp³-hybridized carbons (Fsp3) is 0.0625. The van der Waals surface area contributed by atoms with Crippen molar-refractivity contribution in [1.29, 1.82) is 0 Å². The second-order valence-electron chi connectivity index (χ2n) is 4.63. The Morgan fingerprint density at radius 2 is 1.95 bits per heavy atom. The van der Waals surface area contributed by atoms with Crippen molar-refractivity contribution in [1.82, 2.24) is 9.97 Å². The number of hydrogen-bond acceptors (Lipinski definition) is 4. The van der Waals surface area contributed by atoms with Gasteiger partial charge in [-0.15, -0.1) is 0 Å². The lowest BCUT2D eigenvalue weighted by atomic mass is 10.2. The molecule has 22 heavy (non-hydrogen) atoms. The highest BCUT2D eigenvalue weighted by atomic mass is 35.5. The summed E-state index contributed by atoms with van der Waals surface area (Å²) in [5, 5.41) is 4.49. The fourth-order valence-electron chi connectivity index (χ4n) is 2.05. The molecule has 3 rings (SSSR count). The summed E-state index contributed by atoms with van der Waals surface area (Å²) in [6, 6.07) is 14.7. The van der Waals surface area contributed by atoms with Crippen molar-refractivity contribution in [2.75, 3.05) is 5.32 Å². The van der Waals surface area contributed by atoms with E-state index in [-0.39, 0.29) is 5.24 Å². The molecule has 0 fully saturated rings. The van der Waals surface area contributed by atoms with Crippen LogP contribution in [0.3, 0.4) is 0 Å². The molecule has 0 saturated heterocycles. The van der Waals surface area contributed by atoms with Crippen molar-refractivity contribution in [3.8, 4) is 0 Å². The molecule has 1 heterocycles. The van der Waals surface area contributed by atoms with Gasteiger partial charge in [0, 0.05) is 33.6 Å². The quantitative estimate of drug-likeness (QED) is 0.535. The fourth-order valence-corrected chi connectivity index (χ4v) is 2.90. The minimum atomic E-state index is -0.253. The summed E-state index contributed by atoms with van der Waals surface area (Å²) >= 11 is 6.85. The molecule has 0 atom stereocenters. The summed E-state index contributed by atoms with van der Waals surface area (Å²) < 4.78 is 0. The minimum Gasteiger partial charge on any atom is -0.316 e. The number of hydrogen-bond donors (Lipinski definition) is 1. The van der Waals surface area contributed by atoms with Gasteiger partial charge in [0.1, 0.15) is 0 Å². The Balaban J connectivity index is 1.79. The van der Waals surface area contributed by atoms with E-state index in [0.29, 0.717) is 15.9 Å². The number of fused-ring (bicyclic) bond motifs is 1. The van der Waals surface area contributed by atoms with Crippen LogP contribution in [0.1, 0.15) is 5.69 Å². The van der Waals surface area contributed by atoms with Gasteiger partial charge in [0.05, 0.1) is 5.52 Å². The van der Waals surface area contributed by atoms with E-state index in [1.807, 2.05) is 31.2 Å². The number of nitrogens with one attached hydrogen (secondary N) is 1. The summed E-state index contributed by atoms with van der Waals surface area (Å²) in [6.07, 6.45) is 0. The second-order valence-corrected chi connectivity index (χ2v) is 6.01. The summed E-state index contributed by atoms with van der Waals surface area (Å²) in [4.78, 5) is 20.8. The van der Waals surface area contributed by atoms with Gasteiger partial charge in [0.25, 0.3) is 5.24 Å². The van der Waals surface area contributed by atoms with Gasteiger partial charge < -0.3 is 5.32 Å². The van der Waals surface area contributed by atoms with Crippen molar-refractivity contribution in [3.63, 3.8) is 0 Å². The van der Waals surface area contributed by atoms with Crippen LogP contribution in [0.25, 0.3) is 10.9 Å². The monoisotopic (exact) mass is 329 g/mol. The number of rotatable bonds is 2. The third kappa shape index (κ3) is 3.37. The number of nitrogens with zero attached hydrogens (tertiary/aromatic N) is 2. The molecular weight excluding hydrogens is 318 g/mol. The maximum Gasteiger partial charge on any atom is 0.291 e. The van der Waals surface area contributed by atoms with E-state index in [0.717, 1.165) is 28.4 Å². The van der Waals surface area contributed by atoms with E-state index < -0.39 is 0 Å². The average molecular weight is 330 g/mol. The maximum atomic E-state index is 12.1. The highest BCUT2D eigenvalue weighted by molar-refractivity contribution is 8.13. The van der Waals surface area contributed by atoms with Crippen molar-refractivity contribution >= 4 is 45.2 Å². The number of amides is 1. The Morgan fingerprint density at radius 3 is 2.77 bits per heavy atom. The molecule has 0 aliphatic carbocycles. The lowest BCUT2D eigenvalue weighted by Gasteiger charge is -2.06. The number of benzene rings is 2. The van der Waals surface area contributed by atoms with Crippen molar-refractivity contribution < 1.29 is 4.79 Å². The average Bonchev–Trinajstić information content (AvgIpc) is 2.47. The summed E-state index contributed by atoms with van der Waals surface area (Å²) in [6.45, 7) is 1.91. The molecule has 6 heteroatoms. The second kappa shape index (κ2) is 6.34. The molecule has 0 bridgehead atoms. The Hall–Kier alpha value is -2.11. The van der Waals surface area contributed by atoms with Crippen molar-refractivity contribution in [3.05, 3.63) is 59.2 Å². The van der Waals surface area contributed by atoms with Crippen LogP contribution >= 0.6 is 23.4 Å². The predicted molar refractivity (Wildman–Crippen MR) is 90.6 cm³/mol. The van der Waals surface area contributed by atoms with Gasteiger partial charge in [-0.3, -0.25) is 4.79 Å².